The van der Waals surface area contributed by atoms with Crippen LogP contribution < -0.4 is 10.8 Å². The molecule has 2 aromatic rings. The quantitative estimate of drug-likeness (QED) is 0.135. The number of anilines is 1. The number of nitrogen functional groups attached to an aromatic ring is 1. The van der Waals surface area contributed by atoms with Crippen LogP contribution in [0.25, 0.3) is 11.2 Å². The van der Waals surface area contributed by atoms with Gasteiger partial charge in [0.1, 0.15) is 23.7 Å². The summed E-state index contributed by atoms with van der Waals surface area (Å²) in [5.41, 5.74) is 3.30. The first-order chi connectivity index (χ1) is 18.6. The molecule has 0 saturated carbocycles. The molecular weight excluding hydrogens is 543 g/mol. The van der Waals surface area contributed by atoms with E-state index in [1.165, 1.54) is 26.5 Å². The molecule has 0 amide bonds. The van der Waals surface area contributed by atoms with Crippen molar-refractivity contribution in [2.45, 2.75) is 97.9 Å². The van der Waals surface area contributed by atoms with Crippen molar-refractivity contribution in [3.05, 3.63) is 12.7 Å². The maximum absolute atomic E-state index is 14.6. The van der Waals surface area contributed by atoms with E-state index in [-0.39, 0.29) is 19.0 Å². The van der Waals surface area contributed by atoms with Crippen molar-refractivity contribution in [1.29, 1.82) is 0 Å². The lowest BCUT2D eigenvalue weighted by Gasteiger charge is -2.34. The highest BCUT2D eigenvalue weighted by Crippen LogP contribution is 2.50. The topological polar surface area (TPSA) is 187 Å². The van der Waals surface area contributed by atoms with Crippen LogP contribution in [0.3, 0.4) is 0 Å². The number of carbonyl (C=O) groups is 3. The van der Waals surface area contributed by atoms with Crippen LogP contribution in [-0.2, 0) is 44.4 Å². The Morgan fingerprint density at radius 2 is 1.65 bits per heavy atom. The molecule has 2 atom stereocenters. The summed E-state index contributed by atoms with van der Waals surface area (Å²) in [6, 6.07) is 0. The highest BCUT2D eigenvalue weighted by atomic mass is 31.2. The van der Waals surface area contributed by atoms with Crippen molar-refractivity contribution in [3.63, 3.8) is 0 Å². The summed E-state index contributed by atoms with van der Waals surface area (Å²) in [6.07, 6.45) is 0.968. The molecule has 2 rings (SSSR count). The van der Waals surface area contributed by atoms with Crippen LogP contribution in [0.5, 0.6) is 0 Å². The largest absolute Gasteiger partial charge is 0.464 e. The zero-order chi connectivity index (χ0) is 30.3. The molecular formula is C25H41N6O8P. The van der Waals surface area contributed by atoms with Gasteiger partial charge in [0.25, 0.3) is 0 Å². The lowest BCUT2D eigenvalue weighted by atomic mass is 10.1. The Morgan fingerprint density at radius 3 is 2.20 bits per heavy atom. The number of nitrogens with zero attached hydrogens (tertiary/aromatic N) is 4. The zero-order valence-electron chi connectivity index (χ0n) is 24.4. The van der Waals surface area contributed by atoms with E-state index in [4.69, 9.17) is 24.7 Å². The predicted octanol–water partition coefficient (Wildman–Crippen LogP) is 2.64. The predicted molar refractivity (Wildman–Crippen MR) is 147 cm³/mol. The number of imidazole rings is 1. The van der Waals surface area contributed by atoms with Gasteiger partial charge in [-0.05, 0) is 54.9 Å². The van der Waals surface area contributed by atoms with E-state index >= 15 is 0 Å². The SMILES string of the molecule is CCCOC(=O)C(C)(C)N[P@](=O)(CO[C@H](C)Cn1cnc2c(N)ncnc21)C(C(=O)OC(C)C)C(=O)OC(C)C. The molecule has 14 nitrogen and oxygen atoms in total. The number of esters is 3. The molecule has 0 aliphatic carbocycles. The Labute approximate surface area is 234 Å². The molecule has 2 heterocycles. The normalized spacial score (nSPS) is 14.4. The molecule has 0 aliphatic rings. The van der Waals surface area contributed by atoms with Crippen LogP contribution in [0.15, 0.2) is 12.7 Å². The van der Waals surface area contributed by atoms with Gasteiger partial charge in [0.15, 0.2) is 18.8 Å². The van der Waals surface area contributed by atoms with E-state index in [0.29, 0.717) is 17.6 Å². The average Bonchev–Trinajstić information content (AvgIpc) is 3.23. The second kappa shape index (κ2) is 14.0. The lowest BCUT2D eigenvalue weighted by molar-refractivity contribution is -0.158. The maximum atomic E-state index is 14.6. The Hall–Kier alpha value is -3.09. The fraction of sp³-hybridized carbons (Fsp3) is 0.680. The number of ether oxygens (including phenoxy) is 4. The molecule has 224 valence electrons. The molecule has 0 saturated heterocycles. The highest BCUT2D eigenvalue weighted by Gasteiger charge is 2.51. The fourth-order valence-corrected chi connectivity index (χ4v) is 6.35. The van der Waals surface area contributed by atoms with E-state index in [9.17, 15) is 18.9 Å². The Morgan fingerprint density at radius 1 is 1.05 bits per heavy atom. The van der Waals surface area contributed by atoms with Crippen molar-refractivity contribution in [2.75, 3.05) is 18.7 Å². The summed E-state index contributed by atoms with van der Waals surface area (Å²) in [7, 11) is -4.25. The second-order valence-corrected chi connectivity index (χ2v) is 13.1. The van der Waals surface area contributed by atoms with Gasteiger partial charge < -0.3 is 33.8 Å². The first-order valence-corrected chi connectivity index (χ1v) is 15.1. The summed E-state index contributed by atoms with van der Waals surface area (Å²) in [5.74, 6) is -2.60. The van der Waals surface area contributed by atoms with Crippen LogP contribution in [0.2, 0.25) is 0 Å². The van der Waals surface area contributed by atoms with Gasteiger partial charge in [-0.15, -0.1) is 0 Å². The molecule has 0 fully saturated rings. The van der Waals surface area contributed by atoms with E-state index in [1.54, 1.807) is 39.2 Å². The smallest absolute Gasteiger partial charge is 0.329 e. The number of rotatable bonds is 15. The summed E-state index contributed by atoms with van der Waals surface area (Å²) < 4.78 is 38.1. The third kappa shape index (κ3) is 8.70. The first kappa shape index (κ1) is 33.1. The third-order valence-corrected chi connectivity index (χ3v) is 8.14. The fourth-order valence-electron chi connectivity index (χ4n) is 3.70. The minimum atomic E-state index is -4.25. The molecule has 0 bridgehead atoms. The number of hydrogen-bond acceptors (Lipinski definition) is 12. The van der Waals surface area contributed by atoms with Gasteiger partial charge in [0, 0.05) is 0 Å². The molecule has 0 spiro atoms. The molecule has 2 aromatic heterocycles. The van der Waals surface area contributed by atoms with Crippen LogP contribution in [0.4, 0.5) is 5.82 Å². The molecule has 0 unspecified atom stereocenters. The summed E-state index contributed by atoms with van der Waals surface area (Å²) >= 11 is 0. The van der Waals surface area contributed by atoms with Gasteiger partial charge in [-0.3, -0.25) is 14.4 Å². The number of hydrogen-bond donors (Lipinski definition) is 2. The lowest BCUT2D eigenvalue weighted by Crippen LogP contribution is -2.51. The van der Waals surface area contributed by atoms with E-state index in [0.717, 1.165) is 0 Å². The molecule has 15 heteroatoms. The minimum absolute atomic E-state index is 0.142. The van der Waals surface area contributed by atoms with Crippen molar-refractivity contribution in [3.8, 4) is 0 Å². The Bertz CT molecular complexity index is 1210. The monoisotopic (exact) mass is 584 g/mol. The maximum Gasteiger partial charge on any atom is 0.329 e. The number of nitrogens with two attached hydrogens (primary N) is 1. The molecule has 0 radical (unpaired) electrons. The van der Waals surface area contributed by atoms with Gasteiger partial charge in [0.2, 0.25) is 5.66 Å². The third-order valence-electron chi connectivity index (χ3n) is 5.42. The van der Waals surface area contributed by atoms with E-state index in [1.807, 2.05) is 6.92 Å². The molecule has 0 aliphatic heterocycles. The van der Waals surface area contributed by atoms with E-state index in [2.05, 4.69) is 20.0 Å². The van der Waals surface area contributed by atoms with Crippen molar-refractivity contribution < 1.29 is 37.9 Å². The summed E-state index contributed by atoms with van der Waals surface area (Å²) in [4.78, 5) is 51.5. The van der Waals surface area contributed by atoms with Gasteiger partial charge in [-0.25, -0.2) is 20.0 Å². The van der Waals surface area contributed by atoms with Crippen molar-refractivity contribution in [1.82, 2.24) is 24.6 Å². The summed E-state index contributed by atoms with van der Waals surface area (Å²) in [6.45, 7) is 13.2. The molecule has 40 heavy (non-hydrogen) atoms. The Kier molecular flexibility index (Phi) is 11.6. The van der Waals surface area contributed by atoms with Crippen molar-refractivity contribution in [2.24, 2.45) is 0 Å². The number of fused-ring (bicyclic) bond motifs is 1. The highest BCUT2D eigenvalue weighted by molar-refractivity contribution is 7.64. The standard InChI is InChI=1S/C25H41N6O8P/c1-9-10-36-24(34)25(7,8)30-40(35,19(22(32)38-15(2)3)23(33)39-16(4)5)14-37-17(6)11-31-13-29-18-20(26)27-12-28-21(18)31/h12-13,15-17,19H,9-11,14H2,1-8H3,(H,30,35)(H2,26,27,28)/t17-,40+/m1/s1. The zero-order valence-corrected chi connectivity index (χ0v) is 25.3. The van der Waals surface area contributed by atoms with Gasteiger partial charge in [-0.2, -0.15) is 0 Å². The average molecular weight is 585 g/mol. The van der Waals surface area contributed by atoms with Crippen LogP contribution in [0, 0.1) is 0 Å². The molecule has 0 aromatic carbocycles. The molecule has 3 N–H and O–H groups in total. The van der Waals surface area contributed by atoms with Crippen LogP contribution >= 0.6 is 7.29 Å². The minimum Gasteiger partial charge on any atom is -0.464 e. The van der Waals surface area contributed by atoms with Crippen molar-refractivity contribution >= 4 is 42.2 Å². The van der Waals surface area contributed by atoms with Gasteiger partial charge in [0.05, 0.1) is 37.8 Å². The number of aromatic nitrogens is 4. The van der Waals surface area contributed by atoms with Gasteiger partial charge >= 0.3 is 17.9 Å². The van der Waals surface area contributed by atoms with Crippen LogP contribution in [0.1, 0.15) is 61.8 Å². The van der Waals surface area contributed by atoms with Gasteiger partial charge in [-0.1, -0.05) is 6.92 Å². The van der Waals surface area contributed by atoms with E-state index < -0.39 is 61.1 Å². The summed E-state index contributed by atoms with van der Waals surface area (Å²) in [5, 5.41) is 2.74. The Balaban J connectivity index is 2.41. The van der Waals surface area contributed by atoms with Crippen LogP contribution in [-0.4, -0.2) is 79.9 Å². The number of carbonyl (C=O) groups excluding carboxylic acids is 3. The first-order valence-electron chi connectivity index (χ1n) is 13.1. The second-order valence-electron chi connectivity index (χ2n) is 10.5. The number of nitrogens with one attached hydrogen (secondary N) is 1.